The molecule has 0 radical (unpaired) electrons. The first kappa shape index (κ1) is 12.9. The van der Waals surface area contributed by atoms with Gasteiger partial charge in [-0.15, -0.1) is 0 Å². The molecule has 1 atom stereocenters. The van der Waals surface area contributed by atoms with E-state index in [9.17, 15) is 0 Å². The van der Waals surface area contributed by atoms with Crippen molar-refractivity contribution in [3.05, 3.63) is 34.9 Å². The Labute approximate surface area is 109 Å². The minimum Gasteiger partial charge on any atom is -0.314 e. The van der Waals surface area contributed by atoms with Gasteiger partial charge in [-0.25, -0.2) is 0 Å². The van der Waals surface area contributed by atoms with Gasteiger partial charge in [0.25, 0.3) is 0 Å². The second kappa shape index (κ2) is 6.39. The Morgan fingerprint density at radius 2 is 1.88 bits per heavy atom. The second-order valence-electron chi connectivity index (χ2n) is 4.83. The standard InChI is InChI=1S/C14H21ClN2/c1-12(13-2-4-14(15)5-3-13)6-9-17-10-7-16-8-11-17/h2-5,12,16H,6-11H2,1H3/t12-/m0/s1. The summed E-state index contributed by atoms with van der Waals surface area (Å²) >= 11 is 5.90. The summed E-state index contributed by atoms with van der Waals surface area (Å²) in [7, 11) is 0. The summed E-state index contributed by atoms with van der Waals surface area (Å²) in [6.07, 6.45) is 1.22. The molecule has 1 saturated heterocycles. The summed E-state index contributed by atoms with van der Waals surface area (Å²) < 4.78 is 0. The highest BCUT2D eigenvalue weighted by Gasteiger charge is 2.11. The van der Waals surface area contributed by atoms with E-state index in [1.54, 1.807) is 0 Å². The molecule has 94 valence electrons. The van der Waals surface area contributed by atoms with Crippen LogP contribution >= 0.6 is 11.6 Å². The zero-order chi connectivity index (χ0) is 12.1. The molecule has 0 saturated carbocycles. The number of nitrogens with one attached hydrogen (secondary N) is 1. The Hall–Kier alpha value is -0.570. The van der Waals surface area contributed by atoms with Gasteiger partial charge >= 0.3 is 0 Å². The summed E-state index contributed by atoms with van der Waals surface area (Å²) in [6, 6.07) is 8.26. The summed E-state index contributed by atoms with van der Waals surface area (Å²) in [5, 5.41) is 4.21. The third kappa shape index (κ3) is 3.98. The zero-order valence-corrected chi connectivity index (χ0v) is 11.2. The van der Waals surface area contributed by atoms with Gasteiger partial charge in [-0.1, -0.05) is 30.7 Å². The molecule has 0 bridgehead atoms. The van der Waals surface area contributed by atoms with E-state index in [-0.39, 0.29) is 0 Å². The van der Waals surface area contributed by atoms with Crippen LogP contribution in [0.2, 0.25) is 5.02 Å². The van der Waals surface area contributed by atoms with E-state index in [0.29, 0.717) is 5.92 Å². The molecule has 1 aliphatic heterocycles. The lowest BCUT2D eigenvalue weighted by atomic mass is 9.97. The highest BCUT2D eigenvalue weighted by Crippen LogP contribution is 2.21. The van der Waals surface area contributed by atoms with E-state index in [1.807, 2.05) is 12.1 Å². The molecule has 2 rings (SSSR count). The first-order chi connectivity index (χ1) is 8.25. The van der Waals surface area contributed by atoms with Gasteiger partial charge in [0.1, 0.15) is 0 Å². The molecule has 1 aromatic rings. The highest BCUT2D eigenvalue weighted by atomic mass is 35.5. The summed E-state index contributed by atoms with van der Waals surface area (Å²) in [5.41, 5.74) is 1.39. The van der Waals surface area contributed by atoms with Crippen LogP contribution in [0.5, 0.6) is 0 Å². The first-order valence-electron chi connectivity index (χ1n) is 6.44. The average Bonchev–Trinajstić information content (AvgIpc) is 2.38. The Morgan fingerprint density at radius 1 is 1.24 bits per heavy atom. The van der Waals surface area contributed by atoms with Gasteiger partial charge in [-0.3, -0.25) is 0 Å². The number of nitrogens with zero attached hydrogens (tertiary/aromatic N) is 1. The van der Waals surface area contributed by atoms with E-state index in [2.05, 4.69) is 29.3 Å². The minimum atomic E-state index is 0.613. The van der Waals surface area contributed by atoms with Crippen molar-refractivity contribution in [2.45, 2.75) is 19.3 Å². The van der Waals surface area contributed by atoms with Crippen LogP contribution in [0.4, 0.5) is 0 Å². The van der Waals surface area contributed by atoms with Crippen molar-refractivity contribution in [3.63, 3.8) is 0 Å². The predicted molar refractivity (Wildman–Crippen MR) is 73.8 cm³/mol. The maximum atomic E-state index is 5.90. The van der Waals surface area contributed by atoms with Gasteiger partial charge in [-0.2, -0.15) is 0 Å². The fourth-order valence-electron chi connectivity index (χ4n) is 2.27. The molecule has 0 spiro atoms. The van der Waals surface area contributed by atoms with Crippen LogP contribution in [0.25, 0.3) is 0 Å². The summed E-state index contributed by atoms with van der Waals surface area (Å²) in [6.45, 7) is 8.14. The topological polar surface area (TPSA) is 15.3 Å². The normalized spacial score (nSPS) is 19.2. The monoisotopic (exact) mass is 252 g/mol. The van der Waals surface area contributed by atoms with Crippen LogP contribution in [0.15, 0.2) is 24.3 Å². The van der Waals surface area contributed by atoms with E-state index < -0.39 is 0 Å². The Bertz CT molecular complexity index is 331. The molecule has 1 aliphatic rings. The lowest BCUT2D eigenvalue weighted by Gasteiger charge is -2.28. The van der Waals surface area contributed by atoms with Crippen LogP contribution < -0.4 is 5.32 Å². The number of halogens is 1. The van der Waals surface area contributed by atoms with Crippen LogP contribution in [-0.4, -0.2) is 37.6 Å². The van der Waals surface area contributed by atoms with Crippen LogP contribution in [0.3, 0.4) is 0 Å². The van der Waals surface area contributed by atoms with Gasteiger partial charge in [0.15, 0.2) is 0 Å². The van der Waals surface area contributed by atoms with Crippen molar-refractivity contribution < 1.29 is 0 Å². The highest BCUT2D eigenvalue weighted by molar-refractivity contribution is 6.30. The molecule has 17 heavy (non-hydrogen) atoms. The van der Waals surface area contributed by atoms with E-state index in [1.165, 1.54) is 31.6 Å². The predicted octanol–water partition coefficient (Wildman–Crippen LogP) is 2.74. The van der Waals surface area contributed by atoms with Gasteiger partial charge in [-0.05, 0) is 36.6 Å². The second-order valence-corrected chi connectivity index (χ2v) is 5.27. The lowest BCUT2D eigenvalue weighted by molar-refractivity contribution is 0.234. The van der Waals surface area contributed by atoms with Crippen LogP contribution in [0.1, 0.15) is 24.8 Å². The molecule has 1 fully saturated rings. The van der Waals surface area contributed by atoms with Crippen molar-refractivity contribution in [3.8, 4) is 0 Å². The smallest absolute Gasteiger partial charge is 0.0406 e. The molecule has 0 aliphatic carbocycles. The molecule has 0 aromatic heterocycles. The fraction of sp³-hybridized carbons (Fsp3) is 0.571. The lowest BCUT2D eigenvalue weighted by Crippen LogP contribution is -2.43. The van der Waals surface area contributed by atoms with Crippen molar-refractivity contribution in [2.24, 2.45) is 0 Å². The van der Waals surface area contributed by atoms with Crippen LogP contribution in [-0.2, 0) is 0 Å². The molecule has 1 aromatic carbocycles. The van der Waals surface area contributed by atoms with E-state index >= 15 is 0 Å². The first-order valence-corrected chi connectivity index (χ1v) is 6.82. The van der Waals surface area contributed by atoms with Crippen molar-refractivity contribution in [2.75, 3.05) is 32.7 Å². The van der Waals surface area contributed by atoms with Crippen molar-refractivity contribution in [1.82, 2.24) is 10.2 Å². The Balaban J connectivity index is 1.80. The van der Waals surface area contributed by atoms with Crippen molar-refractivity contribution >= 4 is 11.6 Å². The van der Waals surface area contributed by atoms with E-state index in [4.69, 9.17) is 11.6 Å². The molecular weight excluding hydrogens is 232 g/mol. The largest absolute Gasteiger partial charge is 0.314 e. The Kier molecular flexibility index (Phi) is 4.84. The molecule has 0 amide bonds. The Morgan fingerprint density at radius 3 is 2.53 bits per heavy atom. The number of piperazine rings is 1. The average molecular weight is 253 g/mol. The zero-order valence-electron chi connectivity index (χ0n) is 10.5. The quantitative estimate of drug-likeness (QED) is 0.887. The van der Waals surface area contributed by atoms with E-state index in [0.717, 1.165) is 18.1 Å². The molecule has 1 N–H and O–H groups in total. The van der Waals surface area contributed by atoms with Gasteiger partial charge in [0, 0.05) is 31.2 Å². The molecule has 2 nitrogen and oxygen atoms in total. The maximum absolute atomic E-state index is 5.90. The molecule has 1 heterocycles. The third-order valence-electron chi connectivity index (χ3n) is 3.53. The summed E-state index contributed by atoms with van der Waals surface area (Å²) in [5.74, 6) is 0.613. The van der Waals surface area contributed by atoms with Crippen LogP contribution in [0, 0.1) is 0 Å². The SMILES string of the molecule is C[C@@H](CCN1CCNCC1)c1ccc(Cl)cc1. The summed E-state index contributed by atoms with van der Waals surface area (Å²) in [4.78, 5) is 2.54. The molecule has 0 unspecified atom stereocenters. The van der Waals surface area contributed by atoms with Crippen molar-refractivity contribution in [1.29, 1.82) is 0 Å². The van der Waals surface area contributed by atoms with Gasteiger partial charge in [0.05, 0.1) is 0 Å². The molecular formula is C14H21ClN2. The van der Waals surface area contributed by atoms with Gasteiger partial charge < -0.3 is 10.2 Å². The maximum Gasteiger partial charge on any atom is 0.0406 e. The number of benzene rings is 1. The fourth-order valence-corrected chi connectivity index (χ4v) is 2.39. The minimum absolute atomic E-state index is 0.613. The van der Waals surface area contributed by atoms with Gasteiger partial charge in [0.2, 0.25) is 0 Å². The number of hydrogen-bond donors (Lipinski definition) is 1. The number of rotatable bonds is 4. The molecule has 3 heteroatoms. The third-order valence-corrected chi connectivity index (χ3v) is 3.78. The number of hydrogen-bond acceptors (Lipinski definition) is 2.